The zero-order valence-electron chi connectivity index (χ0n) is 14.8. The molecule has 0 amide bonds. The van der Waals surface area contributed by atoms with Gasteiger partial charge in [0.2, 0.25) is 6.29 Å². The SMILES string of the molecule is CCC(C)(C)C(=O)OCCC(=O)OCCC(=O)OC1CCCCO1. The van der Waals surface area contributed by atoms with Crippen molar-refractivity contribution in [1.82, 2.24) is 0 Å². The first-order valence-corrected chi connectivity index (χ1v) is 8.49. The average molecular weight is 344 g/mol. The van der Waals surface area contributed by atoms with Gasteiger partial charge in [-0.3, -0.25) is 14.4 Å². The smallest absolute Gasteiger partial charge is 0.311 e. The normalized spacial score (nSPS) is 17.9. The van der Waals surface area contributed by atoms with Crippen molar-refractivity contribution in [1.29, 1.82) is 0 Å². The molecule has 1 saturated heterocycles. The van der Waals surface area contributed by atoms with Gasteiger partial charge in [0.05, 0.1) is 24.9 Å². The Labute approximate surface area is 143 Å². The van der Waals surface area contributed by atoms with Crippen molar-refractivity contribution in [2.24, 2.45) is 5.41 Å². The molecule has 0 bridgehead atoms. The molecule has 1 fully saturated rings. The van der Waals surface area contributed by atoms with E-state index >= 15 is 0 Å². The van der Waals surface area contributed by atoms with Gasteiger partial charge >= 0.3 is 17.9 Å². The highest BCUT2D eigenvalue weighted by molar-refractivity contribution is 5.76. The maximum absolute atomic E-state index is 11.7. The van der Waals surface area contributed by atoms with Crippen LogP contribution in [-0.2, 0) is 33.3 Å². The minimum atomic E-state index is -0.561. The van der Waals surface area contributed by atoms with E-state index in [9.17, 15) is 14.4 Å². The molecule has 1 unspecified atom stereocenters. The molecule has 0 N–H and O–H groups in total. The van der Waals surface area contributed by atoms with E-state index in [2.05, 4.69) is 0 Å². The van der Waals surface area contributed by atoms with E-state index in [-0.39, 0.29) is 32.0 Å². The summed E-state index contributed by atoms with van der Waals surface area (Å²) in [5.41, 5.74) is -0.561. The largest absolute Gasteiger partial charge is 0.465 e. The maximum Gasteiger partial charge on any atom is 0.311 e. The van der Waals surface area contributed by atoms with Crippen molar-refractivity contribution < 1.29 is 33.3 Å². The lowest BCUT2D eigenvalue weighted by Crippen LogP contribution is -2.27. The van der Waals surface area contributed by atoms with E-state index in [1.54, 1.807) is 13.8 Å². The second-order valence-electron chi connectivity index (χ2n) is 6.38. The average Bonchev–Trinajstić information content (AvgIpc) is 2.55. The minimum absolute atomic E-state index is 0.0196. The molecule has 0 aromatic rings. The second-order valence-corrected chi connectivity index (χ2v) is 6.38. The predicted molar refractivity (Wildman–Crippen MR) is 84.9 cm³/mol. The summed E-state index contributed by atoms with van der Waals surface area (Å²) >= 11 is 0. The molecule has 0 aromatic carbocycles. The Hall–Kier alpha value is -1.63. The molecule has 1 heterocycles. The third-order valence-corrected chi connectivity index (χ3v) is 3.95. The van der Waals surface area contributed by atoms with Crippen LogP contribution in [0.4, 0.5) is 0 Å². The third kappa shape index (κ3) is 7.77. The molecule has 0 spiro atoms. The van der Waals surface area contributed by atoms with Gasteiger partial charge in [0.15, 0.2) is 0 Å². The second kappa shape index (κ2) is 10.3. The number of hydrogen-bond donors (Lipinski definition) is 0. The fraction of sp³-hybridized carbons (Fsp3) is 0.824. The summed E-state index contributed by atoms with van der Waals surface area (Å²) in [4.78, 5) is 34.8. The van der Waals surface area contributed by atoms with E-state index in [0.717, 1.165) is 12.8 Å². The Morgan fingerprint density at radius 2 is 1.71 bits per heavy atom. The Morgan fingerprint density at radius 3 is 2.33 bits per heavy atom. The summed E-state index contributed by atoms with van der Waals surface area (Å²) < 4.78 is 20.4. The van der Waals surface area contributed by atoms with Gasteiger partial charge in [-0.05, 0) is 33.1 Å². The molecule has 0 aliphatic carbocycles. The van der Waals surface area contributed by atoms with E-state index in [4.69, 9.17) is 18.9 Å². The number of ether oxygens (including phenoxy) is 4. The van der Waals surface area contributed by atoms with Crippen molar-refractivity contribution in [3.05, 3.63) is 0 Å². The van der Waals surface area contributed by atoms with Gasteiger partial charge in [-0.15, -0.1) is 0 Å². The number of esters is 3. The molecule has 138 valence electrons. The standard InChI is InChI=1S/C17H28O7/c1-4-17(2,3)16(20)23-12-8-13(18)21-11-9-14(19)24-15-7-5-6-10-22-15/h15H,4-12H2,1-3H3. The summed E-state index contributed by atoms with van der Waals surface area (Å²) in [6, 6.07) is 0. The molecule has 0 saturated carbocycles. The molecule has 1 aliphatic rings. The van der Waals surface area contributed by atoms with E-state index in [0.29, 0.717) is 19.4 Å². The molecule has 0 aromatic heterocycles. The molecule has 1 aliphatic heterocycles. The molecule has 24 heavy (non-hydrogen) atoms. The molecule has 7 heteroatoms. The summed E-state index contributed by atoms with van der Waals surface area (Å²) in [6.07, 6.45) is 2.77. The summed E-state index contributed by atoms with van der Waals surface area (Å²) in [5.74, 6) is -1.31. The van der Waals surface area contributed by atoms with Gasteiger partial charge in [0.1, 0.15) is 13.2 Å². The number of carbonyl (C=O) groups is 3. The van der Waals surface area contributed by atoms with Crippen LogP contribution in [0.3, 0.4) is 0 Å². The predicted octanol–water partition coefficient (Wildman–Crippen LogP) is 2.36. The molecule has 1 rings (SSSR count). The topological polar surface area (TPSA) is 88.1 Å². The van der Waals surface area contributed by atoms with Crippen LogP contribution < -0.4 is 0 Å². The third-order valence-electron chi connectivity index (χ3n) is 3.95. The van der Waals surface area contributed by atoms with Gasteiger partial charge in [-0.1, -0.05) is 6.92 Å². The fourth-order valence-electron chi connectivity index (χ4n) is 1.90. The lowest BCUT2D eigenvalue weighted by Gasteiger charge is -2.22. The Morgan fingerprint density at radius 1 is 1.04 bits per heavy atom. The zero-order chi connectivity index (χ0) is 18.0. The van der Waals surface area contributed by atoms with Crippen LogP contribution in [0.15, 0.2) is 0 Å². The van der Waals surface area contributed by atoms with Crippen molar-refractivity contribution >= 4 is 17.9 Å². The van der Waals surface area contributed by atoms with Crippen molar-refractivity contribution in [2.45, 2.75) is 65.6 Å². The van der Waals surface area contributed by atoms with Crippen LogP contribution in [0.2, 0.25) is 0 Å². The molecule has 7 nitrogen and oxygen atoms in total. The van der Waals surface area contributed by atoms with Gasteiger partial charge in [-0.25, -0.2) is 0 Å². The van der Waals surface area contributed by atoms with E-state index in [1.165, 1.54) is 0 Å². The van der Waals surface area contributed by atoms with Gasteiger partial charge < -0.3 is 18.9 Å². The van der Waals surface area contributed by atoms with Gasteiger partial charge in [-0.2, -0.15) is 0 Å². The van der Waals surface area contributed by atoms with Crippen LogP contribution in [0, 0.1) is 5.41 Å². The van der Waals surface area contributed by atoms with Crippen molar-refractivity contribution in [2.75, 3.05) is 19.8 Å². The number of carbonyl (C=O) groups excluding carboxylic acids is 3. The number of rotatable bonds is 9. The monoisotopic (exact) mass is 344 g/mol. The van der Waals surface area contributed by atoms with Gasteiger partial charge in [0, 0.05) is 6.42 Å². The highest BCUT2D eigenvalue weighted by Crippen LogP contribution is 2.21. The van der Waals surface area contributed by atoms with Crippen LogP contribution in [-0.4, -0.2) is 44.0 Å². The minimum Gasteiger partial charge on any atom is -0.465 e. The Bertz CT molecular complexity index is 425. The van der Waals surface area contributed by atoms with Crippen molar-refractivity contribution in [3.8, 4) is 0 Å². The molecule has 1 atom stereocenters. The lowest BCUT2D eigenvalue weighted by molar-refractivity contribution is -0.187. The Kier molecular flexibility index (Phi) is 8.74. The van der Waals surface area contributed by atoms with Crippen LogP contribution in [0.5, 0.6) is 0 Å². The summed E-state index contributed by atoms with van der Waals surface area (Å²) in [5, 5.41) is 0. The van der Waals surface area contributed by atoms with Crippen molar-refractivity contribution in [3.63, 3.8) is 0 Å². The maximum atomic E-state index is 11.7. The van der Waals surface area contributed by atoms with Gasteiger partial charge in [0.25, 0.3) is 0 Å². The Balaban J connectivity index is 2.09. The van der Waals surface area contributed by atoms with E-state index in [1.807, 2.05) is 6.92 Å². The molecule has 0 radical (unpaired) electrons. The first-order chi connectivity index (χ1) is 11.3. The van der Waals surface area contributed by atoms with Crippen LogP contribution in [0.25, 0.3) is 0 Å². The summed E-state index contributed by atoms with van der Waals surface area (Å²) in [7, 11) is 0. The molecular weight excluding hydrogens is 316 g/mol. The quantitative estimate of drug-likeness (QED) is 0.468. The lowest BCUT2D eigenvalue weighted by atomic mass is 9.91. The highest BCUT2D eigenvalue weighted by atomic mass is 16.7. The first kappa shape index (κ1) is 20.4. The van der Waals surface area contributed by atoms with Crippen LogP contribution in [0.1, 0.15) is 59.3 Å². The first-order valence-electron chi connectivity index (χ1n) is 8.49. The fourth-order valence-corrected chi connectivity index (χ4v) is 1.90. The highest BCUT2D eigenvalue weighted by Gasteiger charge is 2.27. The number of hydrogen-bond acceptors (Lipinski definition) is 7. The molecular formula is C17H28O7. The zero-order valence-corrected chi connectivity index (χ0v) is 14.8. The van der Waals surface area contributed by atoms with E-state index < -0.39 is 23.6 Å². The van der Waals surface area contributed by atoms with Crippen LogP contribution >= 0.6 is 0 Å². The summed E-state index contributed by atoms with van der Waals surface area (Å²) in [6.45, 7) is 5.98.